The molecule has 1 aromatic carbocycles. The van der Waals surface area contributed by atoms with Crippen molar-refractivity contribution in [1.29, 1.82) is 0 Å². The highest BCUT2D eigenvalue weighted by molar-refractivity contribution is 6.02. The highest BCUT2D eigenvalue weighted by Gasteiger charge is 2.10. The van der Waals surface area contributed by atoms with Crippen molar-refractivity contribution in [1.82, 2.24) is 10.2 Å². The number of aliphatic hydroxyl groups is 1. The van der Waals surface area contributed by atoms with Gasteiger partial charge in [-0.25, -0.2) is 0 Å². The number of rotatable bonds is 6. The Kier molecular flexibility index (Phi) is 4.90. The van der Waals surface area contributed by atoms with E-state index < -0.39 is 0 Å². The number of benzene rings is 1. The molecule has 20 heavy (non-hydrogen) atoms. The molecule has 2 aromatic rings. The van der Waals surface area contributed by atoms with Crippen LogP contribution >= 0.6 is 0 Å². The van der Waals surface area contributed by atoms with E-state index in [2.05, 4.69) is 22.4 Å². The molecule has 0 aliphatic heterocycles. The number of H-pyrrole nitrogens is 1. The zero-order valence-corrected chi connectivity index (χ0v) is 11.5. The molecule has 1 heterocycles. The first-order chi connectivity index (χ1) is 9.72. The molecule has 2 rings (SSSR count). The zero-order chi connectivity index (χ0) is 14.4. The molecule has 0 bridgehead atoms. The van der Waals surface area contributed by atoms with Gasteiger partial charge in [0.25, 0.3) is 5.91 Å². The second-order valence-corrected chi connectivity index (χ2v) is 4.65. The summed E-state index contributed by atoms with van der Waals surface area (Å²) in [5.41, 5.74) is 3.12. The molecule has 0 radical (unpaired) electrons. The second-order valence-electron chi connectivity index (χ2n) is 4.65. The molecule has 3 N–H and O–H groups in total. The lowest BCUT2D eigenvalue weighted by atomic mass is 10.1. The molecule has 106 valence electrons. The summed E-state index contributed by atoms with van der Waals surface area (Å²) in [6.45, 7) is 2.20. The van der Waals surface area contributed by atoms with Crippen LogP contribution in [-0.4, -0.2) is 27.8 Å². The first kappa shape index (κ1) is 14.3. The van der Waals surface area contributed by atoms with Crippen molar-refractivity contribution in [2.45, 2.75) is 26.2 Å². The fourth-order valence-electron chi connectivity index (χ4n) is 1.95. The normalized spacial score (nSPS) is 10.5. The summed E-state index contributed by atoms with van der Waals surface area (Å²) in [5, 5.41) is 18.5. The molecule has 0 aliphatic carbocycles. The number of carbonyl (C=O) groups excluding carboxylic acids is 1. The molecule has 0 fully saturated rings. The predicted molar refractivity (Wildman–Crippen MR) is 77.8 cm³/mol. The van der Waals surface area contributed by atoms with Crippen molar-refractivity contribution in [3.8, 4) is 0 Å². The van der Waals surface area contributed by atoms with Crippen LogP contribution in [0.2, 0.25) is 0 Å². The number of hydrogen-bond donors (Lipinski definition) is 3. The highest BCUT2D eigenvalue weighted by Crippen LogP contribution is 2.12. The number of anilines is 1. The van der Waals surface area contributed by atoms with Crippen LogP contribution in [0, 0.1) is 0 Å². The molecule has 0 aliphatic rings. The van der Waals surface area contributed by atoms with Gasteiger partial charge in [-0.15, -0.1) is 0 Å². The van der Waals surface area contributed by atoms with Gasteiger partial charge in [-0.1, -0.05) is 25.5 Å². The van der Waals surface area contributed by atoms with Gasteiger partial charge in [-0.05, 0) is 36.6 Å². The van der Waals surface area contributed by atoms with Crippen molar-refractivity contribution in [2.75, 3.05) is 11.9 Å². The SMILES string of the molecule is CCCc1cc(C(=O)Nc2ccc(CCO)cc2)n[nH]1. The van der Waals surface area contributed by atoms with Crippen molar-refractivity contribution in [3.05, 3.63) is 47.3 Å². The van der Waals surface area contributed by atoms with Crippen LogP contribution in [0.5, 0.6) is 0 Å². The lowest BCUT2D eigenvalue weighted by Crippen LogP contribution is -2.12. The Balaban J connectivity index is 1.99. The van der Waals surface area contributed by atoms with E-state index in [0.717, 1.165) is 29.8 Å². The molecule has 0 saturated carbocycles. The minimum absolute atomic E-state index is 0.124. The smallest absolute Gasteiger partial charge is 0.276 e. The first-order valence-electron chi connectivity index (χ1n) is 6.78. The summed E-state index contributed by atoms with van der Waals surface area (Å²) in [6, 6.07) is 9.20. The standard InChI is InChI=1S/C15H19N3O2/c1-2-3-13-10-14(18-17-13)15(20)16-12-6-4-11(5-7-12)8-9-19/h4-7,10,19H,2-3,8-9H2,1H3,(H,16,20)(H,17,18). The molecule has 0 spiro atoms. The van der Waals surface area contributed by atoms with Gasteiger partial charge in [0, 0.05) is 18.0 Å². The van der Waals surface area contributed by atoms with E-state index in [1.807, 2.05) is 24.3 Å². The molecule has 0 atom stereocenters. The van der Waals surface area contributed by atoms with Gasteiger partial charge in [-0.3, -0.25) is 9.89 Å². The Labute approximate surface area is 118 Å². The van der Waals surface area contributed by atoms with Gasteiger partial charge in [0.2, 0.25) is 0 Å². The van der Waals surface area contributed by atoms with E-state index in [1.165, 1.54) is 0 Å². The number of aliphatic hydroxyl groups excluding tert-OH is 1. The van der Waals surface area contributed by atoms with Crippen molar-refractivity contribution in [2.24, 2.45) is 0 Å². The van der Waals surface area contributed by atoms with E-state index >= 15 is 0 Å². The summed E-state index contributed by atoms with van der Waals surface area (Å²) in [6.07, 6.45) is 2.51. The first-order valence-corrected chi connectivity index (χ1v) is 6.78. The Morgan fingerprint density at radius 2 is 2.05 bits per heavy atom. The quantitative estimate of drug-likeness (QED) is 0.754. The van der Waals surface area contributed by atoms with Crippen molar-refractivity contribution < 1.29 is 9.90 Å². The van der Waals surface area contributed by atoms with E-state index in [1.54, 1.807) is 6.07 Å². The van der Waals surface area contributed by atoms with Gasteiger partial charge >= 0.3 is 0 Å². The lowest BCUT2D eigenvalue weighted by Gasteiger charge is -2.04. The monoisotopic (exact) mass is 273 g/mol. The van der Waals surface area contributed by atoms with Crippen LogP contribution < -0.4 is 5.32 Å². The average Bonchev–Trinajstić information content (AvgIpc) is 2.90. The van der Waals surface area contributed by atoms with Crippen LogP contribution in [0.15, 0.2) is 30.3 Å². The molecule has 0 unspecified atom stereocenters. The Bertz CT molecular complexity index is 561. The van der Waals surface area contributed by atoms with Crippen molar-refractivity contribution >= 4 is 11.6 Å². The third-order valence-electron chi connectivity index (χ3n) is 3.00. The second kappa shape index (κ2) is 6.86. The summed E-state index contributed by atoms with van der Waals surface area (Å²) in [4.78, 5) is 12.0. The zero-order valence-electron chi connectivity index (χ0n) is 11.5. The number of nitrogens with zero attached hydrogens (tertiary/aromatic N) is 1. The number of nitrogens with one attached hydrogen (secondary N) is 2. The van der Waals surface area contributed by atoms with Crippen molar-refractivity contribution in [3.63, 3.8) is 0 Å². The fraction of sp³-hybridized carbons (Fsp3) is 0.333. The van der Waals surface area contributed by atoms with Crippen LogP contribution in [0.25, 0.3) is 0 Å². The van der Waals surface area contributed by atoms with E-state index in [4.69, 9.17) is 5.11 Å². The van der Waals surface area contributed by atoms with Gasteiger partial charge < -0.3 is 10.4 Å². The number of hydrogen-bond acceptors (Lipinski definition) is 3. The summed E-state index contributed by atoms with van der Waals surface area (Å²) in [7, 11) is 0. The van der Waals surface area contributed by atoms with Gasteiger partial charge in [0.15, 0.2) is 5.69 Å². The highest BCUT2D eigenvalue weighted by atomic mass is 16.2. The van der Waals surface area contributed by atoms with Crippen LogP contribution in [-0.2, 0) is 12.8 Å². The number of amides is 1. The largest absolute Gasteiger partial charge is 0.396 e. The minimum atomic E-state index is -0.224. The average molecular weight is 273 g/mol. The maximum Gasteiger partial charge on any atom is 0.276 e. The van der Waals surface area contributed by atoms with E-state index in [-0.39, 0.29) is 12.5 Å². The maximum atomic E-state index is 12.0. The maximum absolute atomic E-state index is 12.0. The predicted octanol–water partition coefficient (Wildman–Crippen LogP) is 2.15. The fourth-order valence-corrected chi connectivity index (χ4v) is 1.95. The summed E-state index contributed by atoms with van der Waals surface area (Å²) >= 11 is 0. The summed E-state index contributed by atoms with van der Waals surface area (Å²) in [5.74, 6) is -0.224. The minimum Gasteiger partial charge on any atom is -0.396 e. The number of aromatic amines is 1. The topological polar surface area (TPSA) is 78.0 Å². The Morgan fingerprint density at radius 3 is 2.70 bits per heavy atom. The van der Waals surface area contributed by atoms with Gasteiger partial charge in [-0.2, -0.15) is 5.10 Å². The third-order valence-corrected chi connectivity index (χ3v) is 3.00. The Morgan fingerprint density at radius 1 is 1.30 bits per heavy atom. The molecule has 1 aromatic heterocycles. The number of aryl methyl sites for hydroxylation is 1. The molecular weight excluding hydrogens is 254 g/mol. The third kappa shape index (κ3) is 3.68. The van der Waals surface area contributed by atoms with Gasteiger partial charge in [0.1, 0.15) is 0 Å². The molecule has 0 saturated heterocycles. The molecule has 5 heteroatoms. The molecular formula is C15H19N3O2. The molecule has 1 amide bonds. The van der Waals surface area contributed by atoms with Crippen LogP contribution in [0.4, 0.5) is 5.69 Å². The van der Waals surface area contributed by atoms with E-state index in [0.29, 0.717) is 12.1 Å². The van der Waals surface area contributed by atoms with Gasteiger partial charge in [0.05, 0.1) is 0 Å². The molecule has 5 nitrogen and oxygen atoms in total. The summed E-state index contributed by atoms with van der Waals surface area (Å²) < 4.78 is 0. The lowest BCUT2D eigenvalue weighted by molar-refractivity contribution is 0.102. The number of aromatic nitrogens is 2. The van der Waals surface area contributed by atoms with Crippen LogP contribution in [0.1, 0.15) is 35.1 Å². The van der Waals surface area contributed by atoms with Crippen LogP contribution in [0.3, 0.4) is 0 Å². The number of carbonyl (C=O) groups is 1. The Hall–Kier alpha value is -2.14. The van der Waals surface area contributed by atoms with E-state index in [9.17, 15) is 4.79 Å².